The fourth-order valence-corrected chi connectivity index (χ4v) is 2.54. The number of benzene rings is 2. The van der Waals surface area contributed by atoms with Gasteiger partial charge in [0.05, 0.1) is 6.61 Å². The lowest BCUT2D eigenvalue weighted by atomic mass is 10.1. The number of aliphatic hydroxyl groups is 1. The Bertz CT molecular complexity index is 776. The smallest absolute Gasteiger partial charge is 0.227 e. The van der Waals surface area contributed by atoms with Crippen molar-refractivity contribution in [3.63, 3.8) is 0 Å². The minimum atomic E-state index is -0.0304. The molecule has 21 heavy (non-hydrogen) atoms. The summed E-state index contributed by atoms with van der Waals surface area (Å²) in [5.41, 5.74) is 3.11. The van der Waals surface area contributed by atoms with Crippen LogP contribution in [-0.4, -0.2) is 10.1 Å². The molecule has 2 aromatic carbocycles. The quantitative estimate of drug-likeness (QED) is 0.783. The molecule has 0 saturated heterocycles. The molecule has 0 aliphatic rings. The molecule has 0 aliphatic heterocycles. The van der Waals surface area contributed by atoms with E-state index in [4.69, 9.17) is 4.74 Å². The molecule has 0 unspecified atom stereocenters. The maximum Gasteiger partial charge on any atom is 0.227 e. The van der Waals surface area contributed by atoms with Crippen molar-refractivity contribution in [2.45, 2.75) is 20.5 Å². The van der Waals surface area contributed by atoms with Gasteiger partial charge in [-0.2, -0.15) is 0 Å². The van der Waals surface area contributed by atoms with E-state index >= 15 is 0 Å². The van der Waals surface area contributed by atoms with Crippen molar-refractivity contribution in [3.8, 4) is 11.6 Å². The number of aliphatic hydroxyl groups excluding tert-OH is 1. The summed E-state index contributed by atoms with van der Waals surface area (Å²) >= 11 is 0. The van der Waals surface area contributed by atoms with Crippen LogP contribution in [0, 0.1) is 13.8 Å². The SMILES string of the molecule is Cc1cc(C)cc(Oc2ncc(CO)c3ccccc23)c1. The Morgan fingerprint density at radius 1 is 1.00 bits per heavy atom. The van der Waals surface area contributed by atoms with Gasteiger partial charge in [0.1, 0.15) is 5.75 Å². The van der Waals surface area contributed by atoms with Crippen molar-refractivity contribution in [1.82, 2.24) is 4.98 Å². The van der Waals surface area contributed by atoms with E-state index in [0.29, 0.717) is 5.88 Å². The van der Waals surface area contributed by atoms with Crippen LogP contribution in [0.3, 0.4) is 0 Å². The van der Waals surface area contributed by atoms with Crippen LogP contribution in [0.2, 0.25) is 0 Å². The Morgan fingerprint density at radius 2 is 1.67 bits per heavy atom. The largest absolute Gasteiger partial charge is 0.438 e. The molecule has 0 aliphatic carbocycles. The molecule has 0 atom stereocenters. The summed E-state index contributed by atoms with van der Waals surface area (Å²) in [6, 6.07) is 13.9. The standard InChI is InChI=1S/C18H17NO2/c1-12-7-13(2)9-15(8-12)21-18-17-6-4-3-5-16(17)14(11-20)10-19-18/h3-10,20H,11H2,1-2H3. The van der Waals surface area contributed by atoms with Crippen molar-refractivity contribution in [3.05, 3.63) is 65.4 Å². The van der Waals surface area contributed by atoms with Crippen LogP contribution in [0.25, 0.3) is 10.8 Å². The molecule has 0 spiro atoms. The first-order chi connectivity index (χ1) is 10.2. The van der Waals surface area contributed by atoms with Crippen LogP contribution >= 0.6 is 0 Å². The van der Waals surface area contributed by atoms with Gasteiger partial charge in [-0.1, -0.05) is 24.3 Å². The topological polar surface area (TPSA) is 42.4 Å². The lowest BCUT2D eigenvalue weighted by molar-refractivity contribution is 0.283. The summed E-state index contributed by atoms with van der Waals surface area (Å²) in [4.78, 5) is 4.35. The van der Waals surface area contributed by atoms with E-state index in [1.165, 1.54) is 0 Å². The summed E-state index contributed by atoms with van der Waals surface area (Å²) in [6.45, 7) is 4.05. The van der Waals surface area contributed by atoms with Gasteiger partial charge in [0.15, 0.2) is 0 Å². The third kappa shape index (κ3) is 2.73. The van der Waals surface area contributed by atoms with Crippen LogP contribution in [0.15, 0.2) is 48.7 Å². The zero-order valence-electron chi connectivity index (χ0n) is 12.1. The zero-order chi connectivity index (χ0) is 14.8. The first-order valence-electron chi connectivity index (χ1n) is 6.91. The van der Waals surface area contributed by atoms with E-state index < -0.39 is 0 Å². The van der Waals surface area contributed by atoms with Gasteiger partial charge in [0.25, 0.3) is 0 Å². The van der Waals surface area contributed by atoms with Gasteiger partial charge < -0.3 is 9.84 Å². The maximum atomic E-state index is 9.41. The summed E-state index contributed by atoms with van der Waals surface area (Å²) < 4.78 is 5.96. The first-order valence-corrected chi connectivity index (χ1v) is 6.91. The predicted molar refractivity (Wildman–Crippen MR) is 83.7 cm³/mol. The molecule has 1 heterocycles. The summed E-state index contributed by atoms with van der Waals surface area (Å²) in [5.74, 6) is 1.34. The second-order valence-corrected chi connectivity index (χ2v) is 5.22. The van der Waals surface area contributed by atoms with Crippen molar-refractivity contribution in [1.29, 1.82) is 0 Å². The second kappa shape index (κ2) is 5.54. The van der Waals surface area contributed by atoms with Crippen molar-refractivity contribution < 1.29 is 9.84 Å². The van der Waals surface area contributed by atoms with E-state index in [9.17, 15) is 5.11 Å². The minimum Gasteiger partial charge on any atom is -0.438 e. The van der Waals surface area contributed by atoms with Crippen LogP contribution < -0.4 is 4.74 Å². The number of aromatic nitrogens is 1. The molecule has 1 aromatic heterocycles. The number of rotatable bonds is 3. The third-order valence-electron chi connectivity index (χ3n) is 3.42. The number of aryl methyl sites for hydroxylation is 2. The summed E-state index contributed by atoms with van der Waals surface area (Å²) in [6.07, 6.45) is 1.67. The predicted octanol–water partition coefficient (Wildman–Crippen LogP) is 4.14. The molecule has 0 amide bonds. The molecular weight excluding hydrogens is 262 g/mol. The van der Waals surface area contributed by atoms with Gasteiger partial charge >= 0.3 is 0 Å². The number of ether oxygens (including phenoxy) is 1. The number of pyridine rings is 1. The number of nitrogens with zero attached hydrogens (tertiary/aromatic N) is 1. The van der Waals surface area contributed by atoms with Crippen LogP contribution in [0.4, 0.5) is 0 Å². The van der Waals surface area contributed by atoms with Crippen LogP contribution in [0.1, 0.15) is 16.7 Å². The van der Waals surface area contributed by atoms with Crippen molar-refractivity contribution in [2.24, 2.45) is 0 Å². The Balaban J connectivity index is 2.09. The molecule has 106 valence electrons. The monoisotopic (exact) mass is 279 g/mol. The number of hydrogen-bond donors (Lipinski definition) is 1. The maximum absolute atomic E-state index is 9.41. The van der Waals surface area contributed by atoms with Gasteiger partial charge in [-0.3, -0.25) is 0 Å². The van der Waals surface area contributed by atoms with Gasteiger partial charge in [-0.15, -0.1) is 0 Å². The van der Waals surface area contributed by atoms with Crippen LogP contribution in [-0.2, 0) is 6.61 Å². The first kappa shape index (κ1) is 13.6. The molecule has 3 rings (SSSR count). The average molecular weight is 279 g/mol. The van der Waals surface area contributed by atoms with E-state index in [1.54, 1.807) is 6.20 Å². The molecule has 0 bridgehead atoms. The molecular formula is C18H17NO2. The highest BCUT2D eigenvalue weighted by atomic mass is 16.5. The summed E-state index contributed by atoms with van der Waals surface area (Å²) in [7, 11) is 0. The molecule has 0 radical (unpaired) electrons. The molecule has 3 nitrogen and oxygen atoms in total. The van der Waals surface area contributed by atoms with Crippen LogP contribution in [0.5, 0.6) is 11.6 Å². The molecule has 3 heteroatoms. The van der Waals surface area contributed by atoms with E-state index in [0.717, 1.165) is 33.2 Å². The van der Waals surface area contributed by atoms with Gasteiger partial charge in [-0.05, 0) is 48.6 Å². The average Bonchev–Trinajstić information content (AvgIpc) is 2.46. The molecule has 0 saturated carbocycles. The van der Waals surface area contributed by atoms with E-state index in [1.807, 2.05) is 50.2 Å². The Kier molecular flexibility index (Phi) is 3.59. The Labute approximate surface area is 123 Å². The molecule has 0 fully saturated rings. The minimum absolute atomic E-state index is 0.0304. The zero-order valence-corrected chi connectivity index (χ0v) is 12.1. The fourth-order valence-electron chi connectivity index (χ4n) is 2.54. The lowest BCUT2D eigenvalue weighted by Gasteiger charge is -2.11. The summed E-state index contributed by atoms with van der Waals surface area (Å²) in [5, 5.41) is 11.3. The van der Waals surface area contributed by atoms with E-state index in [2.05, 4.69) is 11.1 Å². The van der Waals surface area contributed by atoms with Gasteiger partial charge in [0, 0.05) is 17.1 Å². The highest BCUT2D eigenvalue weighted by molar-refractivity contribution is 5.89. The Morgan fingerprint density at radius 3 is 2.33 bits per heavy atom. The van der Waals surface area contributed by atoms with E-state index in [-0.39, 0.29) is 6.61 Å². The highest BCUT2D eigenvalue weighted by Crippen LogP contribution is 2.30. The highest BCUT2D eigenvalue weighted by Gasteiger charge is 2.09. The number of fused-ring (bicyclic) bond motifs is 1. The van der Waals surface area contributed by atoms with Gasteiger partial charge in [-0.25, -0.2) is 4.98 Å². The fraction of sp³-hybridized carbons (Fsp3) is 0.167. The molecule has 1 N–H and O–H groups in total. The van der Waals surface area contributed by atoms with Gasteiger partial charge in [0.2, 0.25) is 5.88 Å². The Hall–Kier alpha value is -2.39. The number of hydrogen-bond acceptors (Lipinski definition) is 3. The third-order valence-corrected chi connectivity index (χ3v) is 3.42. The molecule has 3 aromatic rings. The van der Waals surface area contributed by atoms with Crippen molar-refractivity contribution >= 4 is 10.8 Å². The van der Waals surface area contributed by atoms with Crippen molar-refractivity contribution in [2.75, 3.05) is 0 Å². The lowest BCUT2D eigenvalue weighted by Crippen LogP contribution is -1.94. The normalized spacial score (nSPS) is 10.8. The second-order valence-electron chi connectivity index (χ2n) is 5.22.